The summed E-state index contributed by atoms with van der Waals surface area (Å²) in [5.41, 5.74) is 9.49. The second kappa shape index (κ2) is 33.7. The van der Waals surface area contributed by atoms with Crippen LogP contribution in [0.25, 0.3) is 93.9 Å². The molecule has 0 amide bonds. The highest BCUT2D eigenvalue weighted by Crippen LogP contribution is 2.39. The first-order chi connectivity index (χ1) is 59.9. The molecule has 0 bridgehead atoms. The third kappa shape index (κ3) is 15.6. The SMILES string of the molecule is C[C@H](Nc1ccnc2ccnn12)c1cc2cccc(-c3cnn(C)c3)c2c(=O)n1-c1ccccc1.C[C@H](Nc1ccnc2ccnn12)c1cc2cccc(Cl)c2c(=O)n1-c1cccc(F)c1.C[C@H](Nc1ccnc2ccnn12)c1cc2cccc(Cl)c2c(=O)n1-c1ccccc1.C[C@H](Nc1ccnc2ccnn12)c1cc2cccc(Cl)c2c(=O)n1C1CC1. The number of aryl methyl sites for hydroxylation is 1. The molecule has 0 saturated heterocycles. The number of hydrogen-bond donors (Lipinski definition) is 4. The molecule has 0 unspecified atom stereocenters. The first-order valence-electron chi connectivity index (χ1n) is 39.7. The van der Waals surface area contributed by atoms with Crippen molar-refractivity contribution in [2.75, 3.05) is 21.3 Å². The number of rotatable bonds is 17. The van der Waals surface area contributed by atoms with Crippen molar-refractivity contribution in [3.05, 3.63) is 378 Å². The van der Waals surface area contributed by atoms with E-state index < -0.39 is 5.82 Å². The van der Waals surface area contributed by atoms with Gasteiger partial charge < -0.3 is 25.8 Å². The first kappa shape index (κ1) is 79.2. The number of anilines is 4. The van der Waals surface area contributed by atoms with E-state index in [9.17, 15) is 23.6 Å². The number of halogens is 4. The Morgan fingerprint density at radius 1 is 0.358 bits per heavy atom. The topological polar surface area (TPSA) is 275 Å². The molecule has 4 N–H and O–H groups in total. The zero-order valence-corrected chi connectivity index (χ0v) is 69.0. The second-order valence-electron chi connectivity index (χ2n) is 29.7. The van der Waals surface area contributed by atoms with E-state index in [1.807, 2.05) is 196 Å². The number of para-hydroxylation sites is 2. The Bertz CT molecular complexity index is 7670. The molecular weight excluding hydrogens is 1610 g/mol. The molecule has 123 heavy (non-hydrogen) atoms. The molecule has 13 heterocycles. The third-order valence-electron chi connectivity index (χ3n) is 21.6. The van der Waals surface area contributed by atoms with Crippen molar-refractivity contribution in [1.82, 2.24) is 86.4 Å². The van der Waals surface area contributed by atoms with Gasteiger partial charge in [-0.05, 0) is 177 Å². The smallest absolute Gasteiger partial charge is 0.264 e. The summed E-state index contributed by atoms with van der Waals surface area (Å²) in [6, 6.07) is 69.9. The van der Waals surface area contributed by atoms with Crippen LogP contribution < -0.4 is 43.5 Å². The van der Waals surface area contributed by atoms with Gasteiger partial charge in [0.2, 0.25) is 0 Å². The van der Waals surface area contributed by atoms with Crippen LogP contribution in [0.5, 0.6) is 0 Å². The second-order valence-corrected chi connectivity index (χ2v) is 31.0. The summed E-state index contributed by atoms with van der Waals surface area (Å²) < 4.78 is 29.6. The molecule has 26 nitrogen and oxygen atoms in total. The maximum Gasteiger partial charge on any atom is 0.264 e. The minimum atomic E-state index is -0.428. The van der Waals surface area contributed by atoms with Gasteiger partial charge in [-0.15, -0.1) is 0 Å². The minimum absolute atomic E-state index is 0.0109. The molecule has 21 rings (SSSR count). The fourth-order valence-electron chi connectivity index (χ4n) is 15.7. The van der Waals surface area contributed by atoms with Crippen molar-refractivity contribution in [1.29, 1.82) is 0 Å². The van der Waals surface area contributed by atoms with Gasteiger partial charge in [0.25, 0.3) is 22.2 Å². The molecule has 30 heteroatoms. The molecule has 1 aliphatic carbocycles. The van der Waals surface area contributed by atoms with Crippen LogP contribution in [0.1, 0.15) is 93.5 Å². The Balaban J connectivity index is 0.000000112. The number of hydrogen-bond acceptors (Lipinski definition) is 17. The van der Waals surface area contributed by atoms with Crippen LogP contribution in [0.4, 0.5) is 27.7 Å². The molecule has 20 aromatic rings. The zero-order chi connectivity index (χ0) is 84.7. The van der Waals surface area contributed by atoms with Crippen LogP contribution >= 0.6 is 34.8 Å². The molecule has 4 atom stereocenters. The molecule has 1 fully saturated rings. The van der Waals surface area contributed by atoms with Gasteiger partial charge in [0, 0.05) is 108 Å². The lowest BCUT2D eigenvalue weighted by molar-refractivity contribution is 0.625. The Kier molecular flexibility index (Phi) is 21.7. The Morgan fingerprint density at radius 2 is 0.699 bits per heavy atom. The summed E-state index contributed by atoms with van der Waals surface area (Å²) in [5.74, 6) is 2.70. The predicted molar refractivity (Wildman–Crippen MR) is 482 cm³/mol. The van der Waals surface area contributed by atoms with E-state index in [2.05, 4.69) is 85.8 Å². The monoisotopic (exact) mass is 1690 g/mol. The number of benzene rings is 7. The van der Waals surface area contributed by atoms with Crippen molar-refractivity contribution in [3.63, 3.8) is 0 Å². The Morgan fingerprint density at radius 3 is 1.08 bits per heavy atom. The summed E-state index contributed by atoms with van der Waals surface area (Å²) in [6.45, 7) is 8.04. The average Bonchev–Trinajstić information content (AvgIpc) is 1.31. The van der Waals surface area contributed by atoms with Gasteiger partial charge in [0.05, 0.1) is 97.5 Å². The van der Waals surface area contributed by atoms with Crippen molar-refractivity contribution < 1.29 is 4.39 Å². The summed E-state index contributed by atoms with van der Waals surface area (Å²) in [4.78, 5) is 71.6. The largest absolute Gasteiger partial charge is 0.362 e. The molecule has 0 radical (unpaired) electrons. The number of pyridine rings is 4. The number of nitrogens with one attached hydrogen (secondary N) is 4. The number of aromatic nitrogens is 18. The van der Waals surface area contributed by atoms with Gasteiger partial charge in [0.1, 0.15) is 29.1 Å². The summed E-state index contributed by atoms with van der Waals surface area (Å²) >= 11 is 19.1. The van der Waals surface area contributed by atoms with Crippen LogP contribution in [0.3, 0.4) is 0 Å². The number of nitrogens with zero attached hydrogens (tertiary/aromatic N) is 18. The average molecular weight is 1690 g/mol. The maximum absolute atomic E-state index is 14.2. The van der Waals surface area contributed by atoms with Crippen LogP contribution in [-0.2, 0) is 7.05 Å². The van der Waals surface area contributed by atoms with Gasteiger partial charge >= 0.3 is 0 Å². The van der Waals surface area contributed by atoms with Crippen molar-refractivity contribution >= 4 is 124 Å². The highest BCUT2D eigenvalue weighted by Gasteiger charge is 2.31. The zero-order valence-electron chi connectivity index (χ0n) is 66.7. The summed E-state index contributed by atoms with van der Waals surface area (Å²) in [5, 5.41) is 42.2. The molecular formula is C93H76Cl3FN22O4. The van der Waals surface area contributed by atoms with Crippen LogP contribution in [-0.4, -0.2) is 86.4 Å². The normalized spacial score (nSPS) is 13.0. The van der Waals surface area contributed by atoms with Crippen molar-refractivity contribution in [2.24, 2.45) is 7.05 Å². The van der Waals surface area contributed by atoms with E-state index in [1.54, 1.807) is 136 Å². The molecule has 7 aromatic carbocycles. The Labute approximate surface area is 715 Å². The lowest BCUT2D eigenvalue weighted by atomic mass is 9.99. The third-order valence-corrected chi connectivity index (χ3v) is 22.5. The van der Waals surface area contributed by atoms with Crippen molar-refractivity contribution in [3.8, 4) is 28.2 Å². The molecule has 1 aliphatic rings. The molecule has 610 valence electrons. The lowest BCUT2D eigenvalue weighted by Gasteiger charge is -2.22. The van der Waals surface area contributed by atoms with E-state index in [0.717, 1.165) is 103 Å². The van der Waals surface area contributed by atoms with Gasteiger partial charge in [0.15, 0.2) is 22.6 Å². The quantitative estimate of drug-likeness (QED) is 0.0659. The molecule has 13 aromatic heterocycles. The maximum atomic E-state index is 14.2. The highest BCUT2D eigenvalue weighted by atomic mass is 35.5. The van der Waals surface area contributed by atoms with Crippen LogP contribution in [0.15, 0.2) is 312 Å². The van der Waals surface area contributed by atoms with E-state index in [4.69, 9.17) is 34.8 Å². The van der Waals surface area contributed by atoms with E-state index in [0.29, 0.717) is 64.8 Å². The Hall–Kier alpha value is -14.9. The lowest BCUT2D eigenvalue weighted by Crippen LogP contribution is -2.26. The van der Waals surface area contributed by atoms with Gasteiger partial charge in [-0.1, -0.05) is 132 Å². The predicted octanol–water partition coefficient (Wildman–Crippen LogP) is 18.7. The van der Waals surface area contributed by atoms with E-state index in [-0.39, 0.29) is 52.4 Å². The van der Waals surface area contributed by atoms with E-state index in [1.165, 1.54) is 16.7 Å². The fraction of sp³-hybridized carbons (Fsp3) is 0.129. The standard InChI is InChI=1S/C27H23N7O.C23H17ClFN5O.C23H18ClN5O.C20H18ClN5O/c1-18(31-25-11-13-28-24-12-14-29-34(24)25)23-15-19-7-6-10-22(20-16-30-32(2)17-20)26(19)27(35)33(23)21-8-4-3-5-9-21;1-14(28-21-8-10-26-20-9-11-27-30(20)21)19-12-15-4-2-7-18(24)22(15)23(31)29(19)17-6-3-5-16(25)13-17;1-15(27-21-10-12-25-20-11-13-26-29(20)21)19-14-16-6-5-9-18(24)22(16)23(30)28(19)17-7-3-2-4-8-17;1-12(24-18-7-9-22-17-8-10-23-26(17)18)16-11-13-3-2-4-15(21)19(13)20(27)25(16)14-5-6-14/h3-18,31H,1-2H3;2-14,28H,1H3;2-15,27H,1H3;2-4,7-12,14,24H,5-6H2,1H3/t18-;14-;15-;12-/m0000/s1. The summed E-state index contributed by atoms with van der Waals surface area (Å²) in [6.07, 6.45) is 19.5. The molecule has 1 saturated carbocycles. The minimum Gasteiger partial charge on any atom is -0.362 e. The molecule has 0 aliphatic heterocycles. The van der Waals surface area contributed by atoms with Crippen LogP contribution in [0.2, 0.25) is 15.1 Å². The first-order valence-corrected chi connectivity index (χ1v) is 40.8. The number of fused-ring (bicyclic) bond motifs is 8. The van der Waals surface area contributed by atoms with Crippen LogP contribution in [0, 0.1) is 5.82 Å². The van der Waals surface area contributed by atoms with Gasteiger partial charge in [-0.25, -0.2) is 24.3 Å². The van der Waals surface area contributed by atoms with E-state index >= 15 is 0 Å². The van der Waals surface area contributed by atoms with Crippen molar-refractivity contribution in [2.45, 2.75) is 70.7 Å². The van der Waals surface area contributed by atoms with Gasteiger partial charge in [-0.2, -0.15) is 43.6 Å². The summed E-state index contributed by atoms with van der Waals surface area (Å²) in [7, 11) is 1.87. The van der Waals surface area contributed by atoms with Gasteiger partial charge in [-0.3, -0.25) is 37.6 Å². The highest BCUT2D eigenvalue weighted by molar-refractivity contribution is 6.36. The fourth-order valence-corrected chi connectivity index (χ4v) is 16.5. The molecule has 0 spiro atoms.